The van der Waals surface area contributed by atoms with Crippen LogP contribution in [0.1, 0.15) is 18.5 Å². The molecule has 100 valence electrons. The van der Waals surface area contributed by atoms with E-state index >= 15 is 0 Å². The summed E-state index contributed by atoms with van der Waals surface area (Å²) in [6, 6.07) is 13.1. The molecular weight excluding hydrogens is 241 g/mol. The fraction of sp³-hybridized carbons (Fsp3) is 0.250. The monoisotopic (exact) mass is 259 g/mol. The van der Waals surface area contributed by atoms with Gasteiger partial charge < -0.3 is 10.1 Å². The van der Waals surface area contributed by atoms with Crippen molar-refractivity contribution in [2.45, 2.75) is 13.0 Å². The molecule has 1 unspecified atom stereocenters. The van der Waals surface area contributed by atoms with Gasteiger partial charge in [0.2, 0.25) is 0 Å². The molecule has 0 aliphatic heterocycles. The van der Waals surface area contributed by atoms with Crippen LogP contribution in [0, 0.1) is 5.82 Å². The highest BCUT2D eigenvalue weighted by atomic mass is 19.1. The van der Waals surface area contributed by atoms with Crippen molar-refractivity contribution in [3.8, 4) is 16.9 Å². The van der Waals surface area contributed by atoms with E-state index in [2.05, 4.69) is 12.2 Å². The molecule has 2 rings (SSSR count). The summed E-state index contributed by atoms with van der Waals surface area (Å²) in [6.07, 6.45) is 0. The fourth-order valence-corrected chi connectivity index (χ4v) is 1.97. The Morgan fingerprint density at radius 3 is 2.32 bits per heavy atom. The lowest BCUT2D eigenvalue weighted by Crippen LogP contribution is -2.11. The molecule has 0 saturated heterocycles. The summed E-state index contributed by atoms with van der Waals surface area (Å²) in [5.41, 5.74) is 2.64. The van der Waals surface area contributed by atoms with Crippen molar-refractivity contribution >= 4 is 0 Å². The van der Waals surface area contributed by atoms with Gasteiger partial charge in [0, 0.05) is 17.7 Å². The maximum Gasteiger partial charge on any atom is 0.134 e. The number of nitrogens with one attached hydrogen (secondary N) is 1. The second kappa shape index (κ2) is 5.85. The van der Waals surface area contributed by atoms with Gasteiger partial charge in [0.05, 0.1) is 7.11 Å². The first kappa shape index (κ1) is 13.6. The molecule has 3 heteroatoms. The molecule has 2 aromatic rings. The SMILES string of the molecule is CNC(C)c1ccc(-c2ccc(OC)cc2F)cc1. The number of hydrogen-bond donors (Lipinski definition) is 1. The average molecular weight is 259 g/mol. The highest BCUT2D eigenvalue weighted by Gasteiger charge is 2.08. The van der Waals surface area contributed by atoms with E-state index in [1.807, 2.05) is 31.3 Å². The highest BCUT2D eigenvalue weighted by Crippen LogP contribution is 2.27. The van der Waals surface area contributed by atoms with E-state index in [1.165, 1.54) is 18.7 Å². The lowest BCUT2D eigenvalue weighted by atomic mass is 10.0. The average Bonchev–Trinajstić information content (AvgIpc) is 2.46. The number of methoxy groups -OCH3 is 1. The Balaban J connectivity index is 2.32. The van der Waals surface area contributed by atoms with Crippen molar-refractivity contribution in [3.05, 3.63) is 53.8 Å². The van der Waals surface area contributed by atoms with Crippen molar-refractivity contribution in [2.75, 3.05) is 14.2 Å². The quantitative estimate of drug-likeness (QED) is 0.902. The molecule has 0 heterocycles. The van der Waals surface area contributed by atoms with Crippen LogP contribution in [0.5, 0.6) is 5.75 Å². The van der Waals surface area contributed by atoms with Crippen LogP contribution in [-0.2, 0) is 0 Å². The second-order valence-corrected chi connectivity index (χ2v) is 4.48. The first-order valence-electron chi connectivity index (χ1n) is 6.27. The van der Waals surface area contributed by atoms with Crippen molar-refractivity contribution in [1.29, 1.82) is 0 Å². The molecule has 2 aromatic carbocycles. The van der Waals surface area contributed by atoms with E-state index in [-0.39, 0.29) is 11.9 Å². The molecule has 0 saturated carbocycles. The van der Waals surface area contributed by atoms with E-state index in [4.69, 9.17) is 4.74 Å². The van der Waals surface area contributed by atoms with Crippen molar-refractivity contribution in [3.63, 3.8) is 0 Å². The normalized spacial score (nSPS) is 12.2. The first-order valence-corrected chi connectivity index (χ1v) is 6.27. The van der Waals surface area contributed by atoms with Crippen LogP contribution in [0.25, 0.3) is 11.1 Å². The molecule has 0 fully saturated rings. The van der Waals surface area contributed by atoms with Gasteiger partial charge in [-0.2, -0.15) is 0 Å². The van der Waals surface area contributed by atoms with Crippen LogP contribution < -0.4 is 10.1 Å². The molecule has 2 nitrogen and oxygen atoms in total. The molecule has 1 N–H and O–H groups in total. The third-order valence-electron chi connectivity index (χ3n) is 3.33. The minimum atomic E-state index is -0.270. The summed E-state index contributed by atoms with van der Waals surface area (Å²) in [7, 11) is 3.45. The van der Waals surface area contributed by atoms with Crippen LogP contribution in [0.15, 0.2) is 42.5 Å². The van der Waals surface area contributed by atoms with Gasteiger partial charge >= 0.3 is 0 Å². The molecule has 0 aliphatic carbocycles. The predicted octanol–water partition coefficient (Wildman–Crippen LogP) is 3.78. The van der Waals surface area contributed by atoms with Gasteiger partial charge in [-0.25, -0.2) is 4.39 Å². The van der Waals surface area contributed by atoms with Crippen molar-refractivity contribution in [1.82, 2.24) is 5.32 Å². The molecule has 0 aliphatic rings. The zero-order valence-electron chi connectivity index (χ0n) is 11.4. The van der Waals surface area contributed by atoms with E-state index in [1.54, 1.807) is 12.1 Å². The Labute approximate surface area is 113 Å². The third-order valence-corrected chi connectivity index (χ3v) is 3.33. The van der Waals surface area contributed by atoms with Crippen LogP contribution in [0.4, 0.5) is 4.39 Å². The number of rotatable bonds is 4. The maximum absolute atomic E-state index is 14.0. The molecule has 0 bridgehead atoms. The Bertz CT molecular complexity index is 551. The molecule has 1 atom stereocenters. The van der Waals surface area contributed by atoms with E-state index < -0.39 is 0 Å². The van der Waals surface area contributed by atoms with Gasteiger partial charge in [0.15, 0.2) is 0 Å². The number of hydrogen-bond acceptors (Lipinski definition) is 2. The number of benzene rings is 2. The number of ether oxygens (including phenoxy) is 1. The van der Waals surface area contributed by atoms with Gasteiger partial charge in [0.25, 0.3) is 0 Å². The van der Waals surface area contributed by atoms with Gasteiger partial charge in [-0.3, -0.25) is 0 Å². The summed E-state index contributed by atoms with van der Waals surface area (Å²) in [5, 5.41) is 3.18. The van der Waals surface area contributed by atoms with Gasteiger partial charge in [-0.15, -0.1) is 0 Å². The van der Waals surface area contributed by atoms with Gasteiger partial charge in [-0.05, 0) is 37.2 Å². The van der Waals surface area contributed by atoms with E-state index in [0.717, 1.165) is 5.56 Å². The zero-order chi connectivity index (χ0) is 13.8. The lowest BCUT2D eigenvalue weighted by Gasteiger charge is -2.11. The zero-order valence-corrected chi connectivity index (χ0v) is 11.4. The van der Waals surface area contributed by atoms with Crippen molar-refractivity contribution in [2.24, 2.45) is 0 Å². The summed E-state index contributed by atoms with van der Waals surface area (Å²) in [6.45, 7) is 2.09. The Morgan fingerprint density at radius 1 is 1.11 bits per heavy atom. The lowest BCUT2D eigenvalue weighted by molar-refractivity contribution is 0.411. The molecule has 19 heavy (non-hydrogen) atoms. The highest BCUT2D eigenvalue weighted by molar-refractivity contribution is 5.65. The predicted molar refractivity (Wildman–Crippen MR) is 75.9 cm³/mol. The topological polar surface area (TPSA) is 21.3 Å². The second-order valence-electron chi connectivity index (χ2n) is 4.48. The minimum absolute atomic E-state index is 0.270. The molecular formula is C16H18FNO. The summed E-state index contributed by atoms with van der Waals surface area (Å²) < 4.78 is 19.0. The molecule has 0 aromatic heterocycles. The van der Waals surface area contributed by atoms with Gasteiger partial charge in [0.1, 0.15) is 11.6 Å². The van der Waals surface area contributed by atoms with Crippen LogP contribution in [0.2, 0.25) is 0 Å². The largest absolute Gasteiger partial charge is 0.497 e. The molecule has 0 radical (unpaired) electrons. The molecule has 0 spiro atoms. The Morgan fingerprint density at radius 2 is 1.79 bits per heavy atom. The minimum Gasteiger partial charge on any atom is -0.497 e. The van der Waals surface area contributed by atoms with Crippen LogP contribution in [0.3, 0.4) is 0 Å². The van der Waals surface area contributed by atoms with E-state index in [9.17, 15) is 4.39 Å². The standard InChI is InChI=1S/C16H18FNO/c1-11(18-2)12-4-6-13(7-5-12)15-9-8-14(19-3)10-16(15)17/h4-11,18H,1-3H3. The molecule has 0 amide bonds. The van der Waals surface area contributed by atoms with Crippen LogP contribution in [-0.4, -0.2) is 14.2 Å². The van der Waals surface area contributed by atoms with Crippen molar-refractivity contribution < 1.29 is 9.13 Å². The van der Waals surface area contributed by atoms with Gasteiger partial charge in [-0.1, -0.05) is 24.3 Å². The first-order chi connectivity index (χ1) is 9.15. The maximum atomic E-state index is 14.0. The summed E-state index contributed by atoms with van der Waals surface area (Å²) in [5.74, 6) is 0.260. The van der Waals surface area contributed by atoms with E-state index in [0.29, 0.717) is 11.3 Å². The Hall–Kier alpha value is -1.87. The number of halogens is 1. The smallest absolute Gasteiger partial charge is 0.134 e. The Kier molecular flexibility index (Phi) is 4.17. The summed E-state index contributed by atoms with van der Waals surface area (Å²) >= 11 is 0. The summed E-state index contributed by atoms with van der Waals surface area (Å²) in [4.78, 5) is 0. The fourth-order valence-electron chi connectivity index (χ4n) is 1.97. The van der Waals surface area contributed by atoms with Crippen LogP contribution >= 0.6 is 0 Å². The third kappa shape index (κ3) is 2.93.